The molecule has 18 heavy (non-hydrogen) atoms. The largest absolute Gasteiger partial charge is 0.497 e. The highest BCUT2D eigenvalue weighted by Crippen LogP contribution is 2.37. The van der Waals surface area contributed by atoms with Crippen molar-refractivity contribution in [1.82, 2.24) is 4.98 Å². The molecule has 0 atom stereocenters. The fraction of sp³-hybridized carbons (Fsp3) is 0.214. The van der Waals surface area contributed by atoms with Gasteiger partial charge < -0.3 is 14.5 Å². The number of fused-ring (bicyclic) bond motifs is 1. The molecular formula is C14H15N3O. The first-order valence-corrected chi connectivity index (χ1v) is 5.87. The Kier molecular flexibility index (Phi) is 2.55. The molecule has 0 spiro atoms. The predicted molar refractivity (Wildman–Crippen MR) is 72.6 cm³/mol. The Morgan fingerprint density at radius 1 is 1.17 bits per heavy atom. The maximum Gasteiger partial charge on any atom is 0.158 e. The molecule has 0 bridgehead atoms. The van der Waals surface area contributed by atoms with Gasteiger partial charge in [0.2, 0.25) is 0 Å². The van der Waals surface area contributed by atoms with Crippen molar-refractivity contribution < 1.29 is 4.74 Å². The van der Waals surface area contributed by atoms with Crippen LogP contribution in [0.2, 0.25) is 0 Å². The number of methoxy groups -OCH3 is 1. The second-order valence-corrected chi connectivity index (χ2v) is 4.31. The third kappa shape index (κ3) is 1.66. The van der Waals surface area contributed by atoms with Crippen molar-refractivity contribution in [1.29, 1.82) is 0 Å². The van der Waals surface area contributed by atoms with Crippen LogP contribution in [0.1, 0.15) is 0 Å². The van der Waals surface area contributed by atoms with Crippen molar-refractivity contribution in [2.24, 2.45) is 0 Å². The zero-order valence-corrected chi connectivity index (χ0v) is 10.5. The van der Waals surface area contributed by atoms with Crippen LogP contribution < -0.4 is 14.5 Å². The lowest BCUT2D eigenvalue weighted by molar-refractivity contribution is 0.415. The van der Waals surface area contributed by atoms with Gasteiger partial charge in [-0.25, -0.2) is 4.98 Å². The number of rotatable bonds is 2. The second-order valence-electron chi connectivity index (χ2n) is 4.31. The van der Waals surface area contributed by atoms with Crippen molar-refractivity contribution in [3.63, 3.8) is 0 Å². The van der Waals surface area contributed by atoms with E-state index in [2.05, 4.69) is 40.0 Å². The topological polar surface area (TPSA) is 28.6 Å². The van der Waals surface area contributed by atoms with Crippen LogP contribution in [0.25, 0.3) is 0 Å². The molecule has 0 fully saturated rings. The van der Waals surface area contributed by atoms with Gasteiger partial charge in [-0.15, -0.1) is 0 Å². The van der Waals surface area contributed by atoms with Gasteiger partial charge in [-0.2, -0.15) is 0 Å². The lowest BCUT2D eigenvalue weighted by atomic mass is 10.3. The molecule has 0 saturated heterocycles. The van der Waals surface area contributed by atoms with Crippen LogP contribution in [0, 0.1) is 0 Å². The van der Waals surface area contributed by atoms with Crippen LogP contribution >= 0.6 is 0 Å². The highest BCUT2D eigenvalue weighted by molar-refractivity contribution is 5.78. The minimum absolute atomic E-state index is 0.818. The fourth-order valence-corrected chi connectivity index (χ4v) is 2.22. The predicted octanol–water partition coefficient (Wildman–Crippen LogP) is 2.64. The van der Waals surface area contributed by atoms with Gasteiger partial charge in [0.05, 0.1) is 19.5 Å². The van der Waals surface area contributed by atoms with Gasteiger partial charge in [0, 0.05) is 18.9 Å². The Morgan fingerprint density at radius 2 is 1.94 bits per heavy atom. The number of hydrogen-bond donors (Lipinski definition) is 0. The van der Waals surface area contributed by atoms with Gasteiger partial charge in [-0.3, -0.25) is 0 Å². The Hall–Kier alpha value is -2.23. The zero-order chi connectivity index (χ0) is 12.5. The first kappa shape index (κ1) is 10.9. The smallest absolute Gasteiger partial charge is 0.158 e. The van der Waals surface area contributed by atoms with E-state index in [9.17, 15) is 0 Å². The van der Waals surface area contributed by atoms with E-state index in [-0.39, 0.29) is 0 Å². The standard InChI is InChI=1S/C14H15N3O/c1-16-10-17(14-13(16)4-3-9-15-14)11-5-7-12(18-2)8-6-11/h3-9H,10H2,1-2H3. The quantitative estimate of drug-likeness (QED) is 0.808. The van der Waals surface area contributed by atoms with Crippen molar-refractivity contribution in [3.05, 3.63) is 42.6 Å². The van der Waals surface area contributed by atoms with Gasteiger partial charge in [-0.05, 0) is 36.4 Å². The average Bonchev–Trinajstić information content (AvgIpc) is 2.77. The van der Waals surface area contributed by atoms with Crippen LogP contribution in [0.4, 0.5) is 17.2 Å². The molecule has 2 aromatic rings. The number of aromatic nitrogens is 1. The summed E-state index contributed by atoms with van der Waals surface area (Å²) in [5.74, 6) is 1.87. The Bertz CT molecular complexity index is 553. The molecule has 2 heterocycles. The summed E-state index contributed by atoms with van der Waals surface area (Å²) >= 11 is 0. The summed E-state index contributed by atoms with van der Waals surface area (Å²) in [6.45, 7) is 0.818. The first-order valence-electron chi connectivity index (χ1n) is 5.87. The average molecular weight is 241 g/mol. The summed E-state index contributed by atoms with van der Waals surface area (Å²) < 4.78 is 5.18. The summed E-state index contributed by atoms with van der Waals surface area (Å²) in [5, 5.41) is 0. The van der Waals surface area contributed by atoms with Crippen LogP contribution in [0.5, 0.6) is 5.75 Å². The lowest BCUT2D eigenvalue weighted by Gasteiger charge is -2.18. The number of pyridine rings is 1. The Morgan fingerprint density at radius 3 is 2.67 bits per heavy atom. The molecule has 1 aliphatic rings. The Labute approximate surface area is 106 Å². The highest BCUT2D eigenvalue weighted by Gasteiger charge is 2.25. The molecule has 0 N–H and O–H groups in total. The van der Waals surface area contributed by atoms with Crippen LogP contribution in [-0.4, -0.2) is 25.8 Å². The summed E-state index contributed by atoms with van der Waals surface area (Å²) in [4.78, 5) is 8.84. The minimum atomic E-state index is 0.818. The third-order valence-electron chi connectivity index (χ3n) is 3.17. The number of benzene rings is 1. The molecule has 4 heteroatoms. The molecule has 0 unspecified atom stereocenters. The van der Waals surface area contributed by atoms with Gasteiger partial charge in [0.25, 0.3) is 0 Å². The van der Waals surface area contributed by atoms with Gasteiger partial charge in [0.15, 0.2) is 5.82 Å². The molecule has 0 saturated carbocycles. The monoisotopic (exact) mass is 241 g/mol. The van der Waals surface area contributed by atoms with Crippen LogP contribution in [-0.2, 0) is 0 Å². The van der Waals surface area contributed by atoms with Crippen molar-refractivity contribution in [2.75, 3.05) is 30.6 Å². The van der Waals surface area contributed by atoms with E-state index in [1.165, 1.54) is 0 Å². The molecule has 1 aliphatic heterocycles. The van der Waals surface area contributed by atoms with Crippen molar-refractivity contribution in [2.45, 2.75) is 0 Å². The molecule has 3 rings (SSSR count). The minimum Gasteiger partial charge on any atom is -0.497 e. The molecule has 0 radical (unpaired) electrons. The van der Waals surface area contributed by atoms with Crippen molar-refractivity contribution in [3.8, 4) is 5.75 Å². The second kappa shape index (κ2) is 4.22. The summed E-state index contributed by atoms with van der Waals surface area (Å²) in [6, 6.07) is 12.1. The molecule has 0 amide bonds. The van der Waals surface area contributed by atoms with E-state index < -0.39 is 0 Å². The fourth-order valence-electron chi connectivity index (χ4n) is 2.22. The number of ether oxygens (including phenoxy) is 1. The number of anilines is 3. The number of hydrogen-bond acceptors (Lipinski definition) is 4. The Balaban J connectivity index is 1.98. The molecule has 0 aliphatic carbocycles. The van der Waals surface area contributed by atoms with E-state index in [1.807, 2.05) is 24.4 Å². The van der Waals surface area contributed by atoms with Crippen LogP contribution in [0.3, 0.4) is 0 Å². The summed E-state index contributed by atoms with van der Waals surface area (Å²) in [6.07, 6.45) is 1.83. The molecular weight excluding hydrogens is 226 g/mol. The first-order chi connectivity index (χ1) is 8.79. The normalized spacial score (nSPS) is 13.7. The maximum absolute atomic E-state index is 5.18. The third-order valence-corrected chi connectivity index (χ3v) is 3.17. The van der Waals surface area contributed by atoms with Gasteiger partial charge in [-0.1, -0.05) is 0 Å². The van der Waals surface area contributed by atoms with Gasteiger partial charge in [0.1, 0.15) is 5.75 Å². The summed E-state index contributed by atoms with van der Waals surface area (Å²) in [5.41, 5.74) is 2.29. The summed E-state index contributed by atoms with van der Waals surface area (Å²) in [7, 11) is 3.75. The van der Waals surface area contributed by atoms with Gasteiger partial charge >= 0.3 is 0 Å². The molecule has 1 aromatic heterocycles. The van der Waals surface area contributed by atoms with E-state index in [1.54, 1.807) is 7.11 Å². The molecule has 1 aromatic carbocycles. The van der Waals surface area contributed by atoms with Crippen LogP contribution in [0.15, 0.2) is 42.6 Å². The van der Waals surface area contributed by atoms with E-state index in [0.29, 0.717) is 0 Å². The van der Waals surface area contributed by atoms with E-state index in [4.69, 9.17) is 4.74 Å². The highest BCUT2D eigenvalue weighted by atomic mass is 16.5. The lowest BCUT2D eigenvalue weighted by Crippen LogP contribution is -2.24. The molecule has 92 valence electrons. The maximum atomic E-state index is 5.18. The molecule has 4 nitrogen and oxygen atoms in total. The number of nitrogens with zero attached hydrogens (tertiary/aromatic N) is 3. The van der Waals surface area contributed by atoms with Crippen molar-refractivity contribution >= 4 is 17.2 Å². The van der Waals surface area contributed by atoms with E-state index in [0.717, 1.165) is 29.6 Å². The zero-order valence-electron chi connectivity index (χ0n) is 10.5. The SMILES string of the molecule is COc1ccc(N2CN(C)c3cccnc32)cc1. The van der Waals surface area contributed by atoms with E-state index >= 15 is 0 Å².